The van der Waals surface area contributed by atoms with Crippen molar-refractivity contribution in [2.75, 3.05) is 6.54 Å². The lowest BCUT2D eigenvalue weighted by Gasteiger charge is -2.08. The molecule has 1 aromatic heterocycles. The van der Waals surface area contributed by atoms with Crippen LogP contribution in [-0.4, -0.2) is 22.2 Å². The topological polar surface area (TPSA) is 46.9 Å². The fraction of sp³-hybridized carbons (Fsp3) is 0.286. The summed E-state index contributed by atoms with van der Waals surface area (Å²) in [7, 11) is 0. The summed E-state index contributed by atoms with van der Waals surface area (Å²) >= 11 is 15.3. The van der Waals surface area contributed by atoms with E-state index in [2.05, 4.69) is 26.3 Å². The van der Waals surface area contributed by atoms with Gasteiger partial charge in [-0.25, -0.2) is 0 Å². The highest BCUT2D eigenvalue weighted by atomic mass is 79.9. The zero-order valence-electron chi connectivity index (χ0n) is 11.6. The molecule has 0 unspecified atom stereocenters. The third kappa shape index (κ3) is 3.78. The molecule has 1 N–H and O–H groups in total. The van der Waals surface area contributed by atoms with Gasteiger partial charge in [0.15, 0.2) is 0 Å². The number of aryl methyl sites for hydroxylation is 1. The second-order valence-electron chi connectivity index (χ2n) is 4.59. The SMILES string of the molecule is Cc1nn(CCNC(=O)c2ccc(Cl)cc2Cl)c(C)c1Br. The van der Waals surface area contributed by atoms with Crippen LogP contribution < -0.4 is 5.32 Å². The maximum absolute atomic E-state index is 12.0. The van der Waals surface area contributed by atoms with Gasteiger partial charge in [0, 0.05) is 17.3 Å². The van der Waals surface area contributed by atoms with Gasteiger partial charge in [-0.1, -0.05) is 23.2 Å². The van der Waals surface area contributed by atoms with E-state index in [1.165, 1.54) is 0 Å². The van der Waals surface area contributed by atoms with Gasteiger partial charge in [0.25, 0.3) is 5.91 Å². The third-order valence-corrected chi connectivity index (χ3v) is 4.77. The Hall–Kier alpha value is -1.04. The zero-order valence-corrected chi connectivity index (χ0v) is 14.7. The van der Waals surface area contributed by atoms with Gasteiger partial charge in [0.1, 0.15) is 0 Å². The molecule has 0 radical (unpaired) electrons. The van der Waals surface area contributed by atoms with Crippen molar-refractivity contribution < 1.29 is 4.79 Å². The first-order valence-corrected chi connectivity index (χ1v) is 7.88. The van der Waals surface area contributed by atoms with E-state index >= 15 is 0 Å². The van der Waals surface area contributed by atoms with Crippen molar-refractivity contribution in [1.82, 2.24) is 15.1 Å². The van der Waals surface area contributed by atoms with E-state index in [1.807, 2.05) is 18.5 Å². The molecule has 2 rings (SSSR count). The van der Waals surface area contributed by atoms with Crippen LogP contribution in [0.25, 0.3) is 0 Å². The van der Waals surface area contributed by atoms with Gasteiger partial charge < -0.3 is 5.32 Å². The number of carbonyl (C=O) groups is 1. The third-order valence-electron chi connectivity index (χ3n) is 3.08. The summed E-state index contributed by atoms with van der Waals surface area (Å²) in [6, 6.07) is 4.80. The minimum atomic E-state index is -0.225. The maximum Gasteiger partial charge on any atom is 0.252 e. The zero-order chi connectivity index (χ0) is 15.6. The van der Waals surface area contributed by atoms with E-state index in [9.17, 15) is 4.79 Å². The quantitative estimate of drug-likeness (QED) is 0.857. The summed E-state index contributed by atoms with van der Waals surface area (Å²) in [5.74, 6) is -0.225. The summed E-state index contributed by atoms with van der Waals surface area (Å²) in [5.41, 5.74) is 2.38. The van der Waals surface area contributed by atoms with E-state index < -0.39 is 0 Å². The van der Waals surface area contributed by atoms with Crippen LogP contribution in [0.1, 0.15) is 21.7 Å². The number of hydrogen-bond donors (Lipinski definition) is 1. The number of carbonyl (C=O) groups excluding carboxylic acids is 1. The smallest absolute Gasteiger partial charge is 0.252 e. The predicted octanol–water partition coefficient (Wildman–Crippen LogP) is 4.00. The molecule has 0 fully saturated rings. The first-order chi connectivity index (χ1) is 9.90. The molecule has 2 aromatic rings. The number of nitrogens with zero attached hydrogens (tertiary/aromatic N) is 2. The number of nitrogens with one attached hydrogen (secondary N) is 1. The number of hydrogen-bond acceptors (Lipinski definition) is 2. The molecule has 1 amide bonds. The molecule has 0 aliphatic heterocycles. The van der Waals surface area contributed by atoms with Gasteiger partial charge in [0.05, 0.1) is 27.3 Å². The highest BCUT2D eigenvalue weighted by Gasteiger charge is 2.11. The number of halogens is 3. The highest BCUT2D eigenvalue weighted by Crippen LogP contribution is 2.21. The monoisotopic (exact) mass is 389 g/mol. The van der Waals surface area contributed by atoms with Crippen LogP contribution in [0.15, 0.2) is 22.7 Å². The molecule has 1 heterocycles. The molecule has 112 valence electrons. The van der Waals surface area contributed by atoms with Crippen LogP contribution in [0.3, 0.4) is 0 Å². The van der Waals surface area contributed by atoms with Crippen molar-refractivity contribution in [3.05, 3.63) is 49.7 Å². The Balaban J connectivity index is 1.97. The molecule has 0 saturated carbocycles. The van der Waals surface area contributed by atoms with Crippen molar-refractivity contribution in [3.63, 3.8) is 0 Å². The van der Waals surface area contributed by atoms with Gasteiger partial charge in [-0.3, -0.25) is 9.48 Å². The molecule has 0 saturated heterocycles. The van der Waals surface area contributed by atoms with E-state index in [-0.39, 0.29) is 5.91 Å². The second-order valence-corrected chi connectivity index (χ2v) is 6.22. The van der Waals surface area contributed by atoms with Crippen molar-refractivity contribution in [1.29, 1.82) is 0 Å². The molecule has 7 heteroatoms. The van der Waals surface area contributed by atoms with Gasteiger partial charge in [0.2, 0.25) is 0 Å². The molecule has 21 heavy (non-hydrogen) atoms. The predicted molar refractivity (Wildman–Crippen MR) is 88.2 cm³/mol. The number of rotatable bonds is 4. The molecular weight excluding hydrogens is 377 g/mol. The lowest BCUT2D eigenvalue weighted by atomic mass is 10.2. The molecule has 0 aliphatic rings. The van der Waals surface area contributed by atoms with Crippen LogP contribution >= 0.6 is 39.1 Å². The van der Waals surface area contributed by atoms with Crippen LogP contribution in [0.4, 0.5) is 0 Å². The molecule has 0 bridgehead atoms. The van der Waals surface area contributed by atoms with Crippen LogP contribution in [-0.2, 0) is 6.54 Å². The average Bonchev–Trinajstić information content (AvgIpc) is 2.66. The minimum Gasteiger partial charge on any atom is -0.350 e. The standard InChI is InChI=1S/C14H14BrCl2N3O/c1-8-13(15)9(2)20(19-8)6-5-18-14(21)11-4-3-10(16)7-12(11)17/h3-4,7H,5-6H2,1-2H3,(H,18,21). The van der Waals surface area contributed by atoms with Gasteiger partial charge in [-0.2, -0.15) is 5.10 Å². The lowest BCUT2D eigenvalue weighted by Crippen LogP contribution is -2.28. The van der Waals surface area contributed by atoms with Crippen molar-refractivity contribution in [3.8, 4) is 0 Å². The highest BCUT2D eigenvalue weighted by molar-refractivity contribution is 9.10. The average molecular weight is 391 g/mol. The van der Waals surface area contributed by atoms with E-state index in [0.717, 1.165) is 15.9 Å². The van der Waals surface area contributed by atoms with Crippen molar-refractivity contribution in [2.45, 2.75) is 20.4 Å². The van der Waals surface area contributed by atoms with Crippen molar-refractivity contribution in [2.24, 2.45) is 0 Å². The largest absolute Gasteiger partial charge is 0.350 e. The molecular formula is C14H14BrCl2N3O. The summed E-state index contributed by atoms with van der Waals surface area (Å²) in [6.45, 7) is 4.96. The fourth-order valence-corrected chi connectivity index (χ4v) is 2.72. The molecule has 0 atom stereocenters. The summed E-state index contributed by atoms with van der Waals surface area (Å²) < 4.78 is 2.85. The summed E-state index contributed by atoms with van der Waals surface area (Å²) in [6.07, 6.45) is 0. The lowest BCUT2D eigenvalue weighted by molar-refractivity contribution is 0.0952. The summed E-state index contributed by atoms with van der Waals surface area (Å²) in [5, 5.41) is 8.05. The second kappa shape index (κ2) is 6.81. The maximum atomic E-state index is 12.0. The molecule has 4 nitrogen and oxygen atoms in total. The van der Waals surface area contributed by atoms with Crippen LogP contribution in [0, 0.1) is 13.8 Å². The Morgan fingerprint density at radius 1 is 1.38 bits per heavy atom. The van der Waals surface area contributed by atoms with Gasteiger partial charge in [-0.05, 0) is 48.0 Å². The Morgan fingerprint density at radius 2 is 2.10 bits per heavy atom. The van der Waals surface area contributed by atoms with Gasteiger partial charge >= 0.3 is 0 Å². The van der Waals surface area contributed by atoms with Crippen LogP contribution in [0.5, 0.6) is 0 Å². The molecule has 0 aliphatic carbocycles. The Labute approximate surface area is 141 Å². The van der Waals surface area contributed by atoms with E-state index in [1.54, 1.807) is 18.2 Å². The van der Waals surface area contributed by atoms with E-state index in [0.29, 0.717) is 28.7 Å². The first kappa shape index (κ1) is 16.3. The fourth-order valence-electron chi connectivity index (χ4n) is 1.94. The van der Waals surface area contributed by atoms with Crippen LogP contribution in [0.2, 0.25) is 10.0 Å². The number of aromatic nitrogens is 2. The Bertz CT molecular complexity index is 685. The van der Waals surface area contributed by atoms with E-state index in [4.69, 9.17) is 23.2 Å². The Kier molecular flexibility index (Phi) is 5.30. The molecule has 1 aromatic carbocycles. The first-order valence-electron chi connectivity index (χ1n) is 6.33. The Morgan fingerprint density at radius 3 is 2.67 bits per heavy atom. The molecule has 0 spiro atoms. The normalized spacial score (nSPS) is 10.7. The summed E-state index contributed by atoms with van der Waals surface area (Å²) in [4.78, 5) is 12.0. The number of amides is 1. The van der Waals surface area contributed by atoms with Gasteiger partial charge in [-0.15, -0.1) is 0 Å². The minimum absolute atomic E-state index is 0.225. The number of benzene rings is 1. The van der Waals surface area contributed by atoms with Crippen molar-refractivity contribution >= 4 is 45.0 Å².